The van der Waals surface area contributed by atoms with Gasteiger partial charge in [0.2, 0.25) is 0 Å². The van der Waals surface area contributed by atoms with Gasteiger partial charge in [-0.1, -0.05) is 30.7 Å². The summed E-state index contributed by atoms with van der Waals surface area (Å²) in [6, 6.07) is 14.2. The second kappa shape index (κ2) is 10.6. The summed E-state index contributed by atoms with van der Waals surface area (Å²) in [5.41, 5.74) is 1.88. The molecule has 1 aromatic heterocycles. The van der Waals surface area contributed by atoms with Crippen LogP contribution in [-0.2, 0) is 13.2 Å². The number of nitrogens with zero attached hydrogens (tertiary/aromatic N) is 2. The minimum absolute atomic E-state index is 0.200. The summed E-state index contributed by atoms with van der Waals surface area (Å²) >= 11 is 5.89. The van der Waals surface area contributed by atoms with E-state index in [2.05, 4.69) is 15.7 Å². The minimum Gasteiger partial charge on any atom is -0.489 e. The number of carbonyl (C=O) groups excluding carboxylic acids is 2. The maximum absolute atomic E-state index is 12.8. The van der Waals surface area contributed by atoms with Gasteiger partial charge in [0.05, 0.1) is 5.69 Å². The first-order valence-electron chi connectivity index (χ1n) is 10.1. The van der Waals surface area contributed by atoms with Crippen molar-refractivity contribution in [2.75, 3.05) is 11.9 Å². The van der Waals surface area contributed by atoms with E-state index in [9.17, 15) is 9.59 Å². The van der Waals surface area contributed by atoms with E-state index in [1.165, 1.54) is 0 Å². The molecule has 31 heavy (non-hydrogen) atoms. The predicted octanol–water partition coefficient (Wildman–Crippen LogP) is 4.53. The Labute approximate surface area is 186 Å². The Morgan fingerprint density at radius 1 is 1.10 bits per heavy atom. The van der Waals surface area contributed by atoms with Crippen LogP contribution in [-0.4, -0.2) is 28.1 Å². The third kappa shape index (κ3) is 6.08. The molecular weight excluding hydrogens is 416 g/mol. The first-order valence-corrected chi connectivity index (χ1v) is 10.5. The molecule has 0 radical (unpaired) electrons. The number of halogens is 1. The van der Waals surface area contributed by atoms with Crippen molar-refractivity contribution in [2.45, 2.75) is 33.4 Å². The lowest BCUT2D eigenvalue weighted by atomic mass is 10.1. The number of carbonyl (C=O) groups is 2. The van der Waals surface area contributed by atoms with E-state index in [0.717, 1.165) is 12.0 Å². The highest BCUT2D eigenvalue weighted by Crippen LogP contribution is 2.19. The van der Waals surface area contributed by atoms with Gasteiger partial charge in [-0.15, -0.1) is 0 Å². The standard InChI is InChI=1S/C23H25ClN4O3/c1-3-12-25-23(30)21-20(14-28(4-2)27-21)26-22(29)17-7-5-6-16(13-17)15-31-19-10-8-18(24)9-11-19/h5-11,13-14H,3-4,12,15H2,1-2H3,(H,25,30)(H,26,29). The molecular formula is C23H25ClN4O3. The summed E-state index contributed by atoms with van der Waals surface area (Å²) in [6.45, 7) is 5.32. The topological polar surface area (TPSA) is 85.3 Å². The van der Waals surface area contributed by atoms with Crippen LogP contribution < -0.4 is 15.4 Å². The highest BCUT2D eigenvalue weighted by Gasteiger charge is 2.19. The molecule has 3 aromatic rings. The Hall–Kier alpha value is -3.32. The van der Waals surface area contributed by atoms with Crippen molar-refractivity contribution >= 4 is 29.1 Å². The fourth-order valence-corrected chi connectivity index (χ4v) is 2.99. The molecule has 2 aromatic carbocycles. The summed E-state index contributed by atoms with van der Waals surface area (Å²) in [5, 5.41) is 10.5. The Morgan fingerprint density at radius 2 is 1.87 bits per heavy atom. The molecule has 0 spiro atoms. The smallest absolute Gasteiger partial charge is 0.273 e. The van der Waals surface area contributed by atoms with Gasteiger partial charge in [-0.2, -0.15) is 5.10 Å². The second-order valence-electron chi connectivity index (χ2n) is 6.90. The van der Waals surface area contributed by atoms with Crippen LogP contribution in [0.15, 0.2) is 54.7 Å². The molecule has 0 unspecified atom stereocenters. The molecule has 2 amide bonds. The van der Waals surface area contributed by atoms with E-state index in [4.69, 9.17) is 16.3 Å². The van der Waals surface area contributed by atoms with Gasteiger partial charge in [-0.3, -0.25) is 14.3 Å². The van der Waals surface area contributed by atoms with Gasteiger partial charge in [-0.25, -0.2) is 0 Å². The fourth-order valence-electron chi connectivity index (χ4n) is 2.86. The summed E-state index contributed by atoms with van der Waals surface area (Å²) in [4.78, 5) is 25.2. The molecule has 3 rings (SSSR count). The number of nitrogens with one attached hydrogen (secondary N) is 2. The molecule has 0 fully saturated rings. The van der Waals surface area contributed by atoms with Crippen LogP contribution in [0.5, 0.6) is 5.75 Å². The Bertz CT molecular complexity index is 1050. The molecule has 0 atom stereocenters. The quantitative estimate of drug-likeness (QED) is 0.512. The lowest BCUT2D eigenvalue weighted by molar-refractivity contribution is 0.0948. The zero-order chi connectivity index (χ0) is 22.2. The number of aromatic nitrogens is 2. The second-order valence-corrected chi connectivity index (χ2v) is 7.34. The maximum atomic E-state index is 12.8. The van der Waals surface area contributed by atoms with Gasteiger partial charge in [0, 0.05) is 29.9 Å². The van der Waals surface area contributed by atoms with E-state index < -0.39 is 0 Å². The van der Waals surface area contributed by atoms with Crippen molar-refractivity contribution in [3.05, 3.63) is 76.6 Å². The first-order chi connectivity index (χ1) is 15.0. The number of amides is 2. The van der Waals surface area contributed by atoms with Gasteiger partial charge in [0.25, 0.3) is 11.8 Å². The zero-order valence-electron chi connectivity index (χ0n) is 17.5. The summed E-state index contributed by atoms with van der Waals surface area (Å²) in [7, 11) is 0. The van der Waals surface area contributed by atoms with Crippen LogP contribution >= 0.6 is 11.6 Å². The Balaban J connectivity index is 1.70. The number of hydrogen-bond acceptors (Lipinski definition) is 4. The minimum atomic E-state index is -0.325. The third-order valence-electron chi connectivity index (χ3n) is 4.49. The molecule has 1 heterocycles. The fraction of sp³-hybridized carbons (Fsp3) is 0.261. The van der Waals surface area contributed by atoms with Crippen molar-refractivity contribution in [1.29, 1.82) is 0 Å². The molecule has 7 nitrogen and oxygen atoms in total. The molecule has 0 saturated carbocycles. The number of hydrogen-bond donors (Lipinski definition) is 2. The summed E-state index contributed by atoms with van der Waals surface area (Å²) in [5.74, 6) is 0.0528. The largest absolute Gasteiger partial charge is 0.489 e. The van der Waals surface area contributed by atoms with Crippen LogP contribution in [0.1, 0.15) is 46.7 Å². The van der Waals surface area contributed by atoms with Crippen LogP contribution in [0.2, 0.25) is 5.02 Å². The van der Waals surface area contributed by atoms with E-state index >= 15 is 0 Å². The van der Waals surface area contributed by atoms with Gasteiger partial charge < -0.3 is 15.4 Å². The highest BCUT2D eigenvalue weighted by molar-refractivity contribution is 6.30. The van der Waals surface area contributed by atoms with Crippen LogP contribution in [0.3, 0.4) is 0 Å². The van der Waals surface area contributed by atoms with Crippen molar-refractivity contribution in [3.63, 3.8) is 0 Å². The highest BCUT2D eigenvalue weighted by atomic mass is 35.5. The van der Waals surface area contributed by atoms with Crippen molar-refractivity contribution < 1.29 is 14.3 Å². The molecule has 0 bridgehead atoms. The van der Waals surface area contributed by atoms with Crippen molar-refractivity contribution in [1.82, 2.24) is 15.1 Å². The van der Waals surface area contributed by atoms with Crippen molar-refractivity contribution in [2.24, 2.45) is 0 Å². The van der Waals surface area contributed by atoms with Gasteiger partial charge in [0.1, 0.15) is 12.4 Å². The van der Waals surface area contributed by atoms with Gasteiger partial charge >= 0.3 is 0 Å². The van der Waals surface area contributed by atoms with Crippen LogP contribution in [0, 0.1) is 0 Å². The average molecular weight is 441 g/mol. The summed E-state index contributed by atoms with van der Waals surface area (Å²) in [6.07, 6.45) is 2.47. The number of benzene rings is 2. The normalized spacial score (nSPS) is 10.5. The molecule has 0 aliphatic rings. The lowest BCUT2D eigenvalue weighted by Gasteiger charge is -2.09. The molecule has 2 N–H and O–H groups in total. The molecule has 0 aliphatic carbocycles. The van der Waals surface area contributed by atoms with Gasteiger partial charge in [0.15, 0.2) is 5.69 Å². The SMILES string of the molecule is CCCNC(=O)c1nn(CC)cc1NC(=O)c1cccc(COc2ccc(Cl)cc2)c1. The zero-order valence-corrected chi connectivity index (χ0v) is 18.3. The van der Waals surface area contributed by atoms with E-state index in [1.54, 1.807) is 53.3 Å². The molecule has 162 valence electrons. The number of ether oxygens (including phenoxy) is 1. The van der Waals surface area contributed by atoms with E-state index in [1.807, 2.05) is 19.9 Å². The van der Waals surface area contributed by atoms with Crippen LogP contribution in [0.4, 0.5) is 5.69 Å². The van der Waals surface area contributed by atoms with E-state index in [-0.39, 0.29) is 17.5 Å². The van der Waals surface area contributed by atoms with Gasteiger partial charge in [-0.05, 0) is 55.3 Å². The lowest BCUT2D eigenvalue weighted by Crippen LogP contribution is -2.26. The number of anilines is 1. The molecule has 0 aliphatic heterocycles. The molecule has 0 saturated heterocycles. The average Bonchev–Trinajstić information content (AvgIpc) is 3.20. The molecule has 8 heteroatoms. The predicted molar refractivity (Wildman–Crippen MR) is 121 cm³/mol. The van der Waals surface area contributed by atoms with Crippen LogP contribution in [0.25, 0.3) is 0 Å². The van der Waals surface area contributed by atoms with E-state index in [0.29, 0.717) is 41.7 Å². The monoisotopic (exact) mass is 440 g/mol. The number of rotatable bonds is 9. The summed E-state index contributed by atoms with van der Waals surface area (Å²) < 4.78 is 7.37. The Morgan fingerprint density at radius 3 is 2.58 bits per heavy atom. The van der Waals surface area contributed by atoms with Crippen molar-refractivity contribution in [3.8, 4) is 5.75 Å². The first kappa shape index (κ1) is 22.4. The maximum Gasteiger partial charge on any atom is 0.273 e. The Kier molecular flexibility index (Phi) is 7.67. The third-order valence-corrected chi connectivity index (χ3v) is 4.74. The number of aryl methyl sites for hydroxylation is 1.